The van der Waals surface area contributed by atoms with Crippen molar-refractivity contribution < 1.29 is 42.3 Å². The van der Waals surface area contributed by atoms with E-state index in [2.05, 4.69) is 0 Å². The van der Waals surface area contributed by atoms with Crippen LogP contribution in [0.5, 0.6) is 0 Å². The summed E-state index contributed by atoms with van der Waals surface area (Å²) in [5, 5.41) is 17.8. The van der Waals surface area contributed by atoms with Crippen molar-refractivity contribution in [1.82, 2.24) is 0 Å². The van der Waals surface area contributed by atoms with Crippen LogP contribution in [-0.4, -0.2) is 17.4 Å². The Balaban J connectivity index is -0.0000000300. The van der Waals surface area contributed by atoms with Crippen LogP contribution >= 0.6 is 0 Å². The maximum atomic E-state index is 8.89. The summed E-state index contributed by atoms with van der Waals surface area (Å²) in [4.78, 5) is 17.8. The molecule has 0 spiro atoms. The zero-order valence-corrected chi connectivity index (χ0v) is 6.54. The van der Waals surface area contributed by atoms with Gasteiger partial charge in [-0.05, 0) is 13.8 Å². The molecule has 61 valence electrons. The maximum Gasteiger partial charge on any atom is 3.00 e. The molecule has 0 amide bonds. The number of rotatable bonds is 0. The minimum Gasteiger partial charge on any atom is -0.870 e. The molecule has 0 unspecified atom stereocenters. The Morgan fingerprint density at radius 3 is 1.00 bits per heavy atom. The second kappa shape index (κ2) is 15.8. The molecule has 0 saturated carbocycles. The molecule has 6 heteroatoms. The van der Waals surface area contributed by atoms with Gasteiger partial charge in [0.15, 0.2) is 0 Å². The Labute approximate surface area is 68.8 Å². The van der Waals surface area contributed by atoms with Crippen LogP contribution in [0.2, 0.25) is 0 Å². The zero-order valence-electron chi connectivity index (χ0n) is 5.43. The predicted octanol–water partition coefficient (Wildman–Crippen LogP) is -2.67. The third kappa shape index (κ3) is 907. The fraction of sp³-hybridized carbons (Fsp3) is 0.500. The van der Waals surface area contributed by atoms with Gasteiger partial charge in [-0.3, -0.25) is 0 Å². The van der Waals surface area contributed by atoms with E-state index in [1.807, 2.05) is 0 Å². The van der Waals surface area contributed by atoms with Gasteiger partial charge < -0.3 is 25.3 Å². The molecule has 0 aromatic rings. The third-order valence-corrected chi connectivity index (χ3v) is 0. The van der Waals surface area contributed by atoms with E-state index in [-0.39, 0.29) is 22.5 Å². The Bertz CT molecular complexity index is 71.6. The third-order valence-electron chi connectivity index (χ3n) is 0. The van der Waals surface area contributed by atoms with Crippen molar-refractivity contribution in [3.63, 3.8) is 0 Å². The van der Waals surface area contributed by atoms with Gasteiger partial charge in [-0.1, -0.05) is 0 Å². The van der Waals surface area contributed by atoms with Crippen molar-refractivity contribution in [1.29, 1.82) is 0 Å². The predicted molar refractivity (Wildman–Crippen MR) is 23.3 cm³/mol. The molecule has 0 bridgehead atoms. The largest absolute Gasteiger partial charge is 3.00 e. The average Bonchev–Trinajstić information content (AvgIpc) is 1.25. The molecule has 0 aliphatic carbocycles. The molecule has 0 heterocycles. The van der Waals surface area contributed by atoms with Gasteiger partial charge in [0.05, 0.1) is 0 Å². The smallest absolute Gasteiger partial charge is 0.870 e. The first-order valence-corrected chi connectivity index (χ1v) is 1.82. The van der Waals surface area contributed by atoms with E-state index in [1.165, 1.54) is 0 Å². The van der Waals surface area contributed by atoms with E-state index in [0.29, 0.717) is 0 Å². The number of hydrogen-bond donors (Lipinski definition) is 0. The minimum absolute atomic E-state index is 0. The van der Waals surface area contributed by atoms with Gasteiger partial charge in [-0.15, -0.1) is 0 Å². The monoisotopic (exact) mass is 191 g/mol. The van der Waals surface area contributed by atoms with Crippen molar-refractivity contribution in [2.75, 3.05) is 0 Å². The van der Waals surface area contributed by atoms with Gasteiger partial charge in [0, 0.05) is 11.9 Å². The van der Waals surface area contributed by atoms with Crippen LogP contribution in [0.4, 0.5) is 0 Å². The summed E-state index contributed by atoms with van der Waals surface area (Å²) in [5.74, 6) is -2.17. The van der Waals surface area contributed by atoms with Crippen LogP contribution in [0.1, 0.15) is 13.8 Å². The summed E-state index contributed by atoms with van der Waals surface area (Å²) in [6.07, 6.45) is 0. The fourth-order valence-electron chi connectivity index (χ4n) is 0. The van der Waals surface area contributed by atoms with Crippen LogP contribution in [-0.2, 0) is 26.7 Å². The van der Waals surface area contributed by atoms with E-state index < -0.39 is 11.9 Å². The number of carbonyl (C=O) groups excluding carboxylic acids is 2. The van der Waals surface area contributed by atoms with Gasteiger partial charge in [0.2, 0.25) is 0 Å². The second-order valence-electron chi connectivity index (χ2n) is 0.983. The number of carboxylic acids is 2. The number of carbonyl (C=O) groups is 2. The fourth-order valence-corrected chi connectivity index (χ4v) is 0. The van der Waals surface area contributed by atoms with Gasteiger partial charge in [0.25, 0.3) is 0 Å². The van der Waals surface area contributed by atoms with Crippen LogP contribution in [0.25, 0.3) is 0 Å². The molecule has 5 nitrogen and oxygen atoms in total. The van der Waals surface area contributed by atoms with Crippen LogP contribution in [0, 0.1) is 0 Å². The molecular formula is C4H7FeO5. The normalized spacial score (nSPS) is 5.00. The summed E-state index contributed by atoms with van der Waals surface area (Å²) in [6.45, 7) is 1.94. The Morgan fingerprint density at radius 2 is 1.00 bits per heavy atom. The zero-order chi connectivity index (χ0) is 7.15. The van der Waals surface area contributed by atoms with Crippen LogP contribution < -0.4 is 10.2 Å². The molecule has 0 aromatic carbocycles. The SMILES string of the molecule is CC(=O)[O-].CC(=O)[O-].[Fe+3].[OH-]. The summed E-state index contributed by atoms with van der Waals surface area (Å²) in [6, 6.07) is 0. The van der Waals surface area contributed by atoms with Crippen LogP contribution in [0.15, 0.2) is 0 Å². The maximum absolute atomic E-state index is 8.89. The van der Waals surface area contributed by atoms with E-state index >= 15 is 0 Å². The first-order chi connectivity index (χ1) is 3.46. The van der Waals surface area contributed by atoms with Crippen molar-refractivity contribution >= 4 is 11.9 Å². The van der Waals surface area contributed by atoms with Crippen molar-refractivity contribution in [2.24, 2.45) is 0 Å². The average molecular weight is 191 g/mol. The molecule has 0 aliphatic heterocycles. The molecule has 0 aromatic heterocycles. The van der Waals surface area contributed by atoms with Crippen molar-refractivity contribution in [3.05, 3.63) is 0 Å². The quantitative estimate of drug-likeness (QED) is 0.387. The summed E-state index contributed by atoms with van der Waals surface area (Å²) >= 11 is 0. The molecule has 0 fully saturated rings. The number of hydrogen-bond acceptors (Lipinski definition) is 5. The number of aliphatic carboxylic acids is 2. The summed E-state index contributed by atoms with van der Waals surface area (Å²) < 4.78 is 0. The molecule has 0 atom stereocenters. The Hall–Kier alpha value is -0.581. The van der Waals surface area contributed by atoms with E-state index in [4.69, 9.17) is 19.8 Å². The van der Waals surface area contributed by atoms with Crippen molar-refractivity contribution in [2.45, 2.75) is 13.8 Å². The van der Waals surface area contributed by atoms with E-state index in [0.717, 1.165) is 13.8 Å². The van der Waals surface area contributed by atoms with Crippen LogP contribution in [0.3, 0.4) is 0 Å². The van der Waals surface area contributed by atoms with E-state index in [1.54, 1.807) is 0 Å². The molecule has 0 saturated heterocycles. The van der Waals surface area contributed by atoms with Gasteiger partial charge in [-0.2, -0.15) is 0 Å². The minimum atomic E-state index is -1.08. The molecule has 1 N–H and O–H groups in total. The first-order valence-electron chi connectivity index (χ1n) is 1.82. The van der Waals surface area contributed by atoms with Gasteiger partial charge in [0.1, 0.15) is 0 Å². The van der Waals surface area contributed by atoms with Crippen molar-refractivity contribution in [3.8, 4) is 0 Å². The molecule has 10 heavy (non-hydrogen) atoms. The van der Waals surface area contributed by atoms with E-state index in [9.17, 15) is 0 Å². The standard InChI is InChI=1S/2C2H4O2.Fe.H2O/c2*1-2(3)4;;/h2*1H3,(H,3,4);;1H2/q;;+3;/p-3. The summed E-state index contributed by atoms with van der Waals surface area (Å²) in [5.41, 5.74) is 0. The first kappa shape index (κ1) is 22.7. The molecular weight excluding hydrogens is 184 g/mol. The Kier molecular flexibility index (Phi) is 35.9. The molecule has 1 radical (unpaired) electrons. The second-order valence-corrected chi connectivity index (χ2v) is 0.983. The topological polar surface area (TPSA) is 110 Å². The summed E-state index contributed by atoms with van der Waals surface area (Å²) in [7, 11) is 0. The molecule has 0 rings (SSSR count). The van der Waals surface area contributed by atoms with Gasteiger partial charge in [-0.25, -0.2) is 0 Å². The Morgan fingerprint density at radius 1 is 1.00 bits per heavy atom. The number of carboxylic acid groups (broad SMARTS) is 2. The molecule has 0 aliphatic rings. The van der Waals surface area contributed by atoms with Gasteiger partial charge >= 0.3 is 17.1 Å².